The lowest BCUT2D eigenvalue weighted by Gasteiger charge is -2.15. The molecule has 4 heteroatoms. The quantitative estimate of drug-likeness (QED) is 0.687. The molecule has 0 saturated carbocycles. The summed E-state index contributed by atoms with van der Waals surface area (Å²) in [6.45, 7) is 4.41. The molecular formula is C17H26N2O2. The minimum absolute atomic E-state index is 0.0487. The van der Waals surface area contributed by atoms with E-state index in [2.05, 4.69) is 36.6 Å². The molecular weight excluding hydrogens is 264 g/mol. The Morgan fingerprint density at radius 2 is 1.90 bits per heavy atom. The lowest BCUT2D eigenvalue weighted by atomic mass is 9.96. The lowest BCUT2D eigenvalue weighted by Crippen LogP contribution is -2.25. The molecule has 0 saturated heterocycles. The van der Waals surface area contributed by atoms with Crippen LogP contribution < -0.4 is 10.6 Å². The van der Waals surface area contributed by atoms with Crippen LogP contribution in [0, 0.1) is 0 Å². The van der Waals surface area contributed by atoms with Crippen LogP contribution in [0.4, 0.5) is 5.69 Å². The number of rotatable bonds is 9. The second kappa shape index (κ2) is 9.16. The van der Waals surface area contributed by atoms with E-state index in [4.69, 9.17) is 0 Å². The van der Waals surface area contributed by atoms with Gasteiger partial charge in [0.05, 0.1) is 6.04 Å². The van der Waals surface area contributed by atoms with Crippen LogP contribution in [0.1, 0.15) is 51.0 Å². The summed E-state index contributed by atoms with van der Waals surface area (Å²) in [4.78, 5) is 22.3. The van der Waals surface area contributed by atoms with Gasteiger partial charge in [-0.3, -0.25) is 4.79 Å². The average Bonchev–Trinajstić information content (AvgIpc) is 2.51. The van der Waals surface area contributed by atoms with Crippen molar-refractivity contribution in [3.63, 3.8) is 0 Å². The minimum atomic E-state index is -0.332. The zero-order chi connectivity index (χ0) is 15.7. The summed E-state index contributed by atoms with van der Waals surface area (Å²) in [6, 6.07) is 7.86. The molecule has 2 N–H and O–H groups in total. The van der Waals surface area contributed by atoms with Gasteiger partial charge in [-0.25, -0.2) is 0 Å². The van der Waals surface area contributed by atoms with Gasteiger partial charge < -0.3 is 15.4 Å². The van der Waals surface area contributed by atoms with Crippen molar-refractivity contribution in [3.8, 4) is 0 Å². The molecule has 1 rings (SSSR count). The molecule has 0 aliphatic carbocycles. The maximum Gasteiger partial charge on any atom is 0.219 e. The molecule has 4 nitrogen and oxygen atoms in total. The van der Waals surface area contributed by atoms with Crippen molar-refractivity contribution in [2.24, 2.45) is 0 Å². The van der Waals surface area contributed by atoms with Gasteiger partial charge in [-0.1, -0.05) is 32.4 Å². The minimum Gasteiger partial charge on any atom is -0.376 e. The third-order valence-electron chi connectivity index (χ3n) is 3.68. The molecule has 2 unspecified atom stereocenters. The second-order valence-corrected chi connectivity index (χ2v) is 5.41. The first-order valence-corrected chi connectivity index (χ1v) is 7.63. The molecule has 1 amide bonds. The largest absolute Gasteiger partial charge is 0.376 e. The van der Waals surface area contributed by atoms with E-state index in [1.807, 2.05) is 12.1 Å². The molecule has 0 heterocycles. The van der Waals surface area contributed by atoms with Crippen LogP contribution in [0.5, 0.6) is 0 Å². The Balaban J connectivity index is 2.56. The number of hydrogen-bond donors (Lipinski definition) is 2. The van der Waals surface area contributed by atoms with Crippen LogP contribution >= 0.6 is 0 Å². The van der Waals surface area contributed by atoms with Gasteiger partial charge in [0.25, 0.3) is 0 Å². The van der Waals surface area contributed by atoms with Gasteiger partial charge in [0.2, 0.25) is 5.91 Å². The molecule has 0 fully saturated rings. The lowest BCUT2D eigenvalue weighted by molar-refractivity contribution is -0.120. The fraction of sp³-hybridized carbons (Fsp3) is 0.529. The molecule has 0 aliphatic heterocycles. The highest BCUT2D eigenvalue weighted by atomic mass is 16.1. The highest BCUT2D eigenvalue weighted by Gasteiger charge is 2.10. The van der Waals surface area contributed by atoms with Gasteiger partial charge >= 0.3 is 0 Å². The van der Waals surface area contributed by atoms with E-state index >= 15 is 0 Å². The standard InChI is InChI=1S/C17H26N2O2/c1-4-5-13(2)14-6-8-15(9-7-14)19-16(12-20)10-11-17(21)18-3/h6-9,12-13,16,19H,4-5,10-11H2,1-3H3,(H,18,21). The van der Waals surface area contributed by atoms with Gasteiger partial charge in [0.1, 0.15) is 6.29 Å². The zero-order valence-corrected chi connectivity index (χ0v) is 13.2. The topological polar surface area (TPSA) is 58.2 Å². The van der Waals surface area contributed by atoms with Gasteiger partial charge in [-0.15, -0.1) is 0 Å². The van der Waals surface area contributed by atoms with Gasteiger partial charge in [0.15, 0.2) is 0 Å². The number of anilines is 1. The van der Waals surface area contributed by atoms with Crippen molar-refractivity contribution in [1.82, 2.24) is 5.32 Å². The van der Waals surface area contributed by atoms with Crippen molar-refractivity contribution < 1.29 is 9.59 Å². The van der Waals surface area contributed by atoms with E-state index in [0.29, 0.717) is 18.8 Å². The van der Waals surface area contributed by atoms with Crippen molar-refractivity contribution in [2.45, 2.75) is 51.5 Å². The molecule has 21 heavy (non-hydrogen) atoms. The van der Waals surface area contributed by atoms with E-state index in [0.717, 1.165) is 12.0 Å². The molecule has 0 bridgehead atoms. The Hall–Kier alpha value is -1.84. The van der Waals surface area contributed by atoms with Crippen molar-refractivity contribution in [3.05, 3.63) is 29.8 Å². The summed E-state index contributed by atoms with van der Waals surface area (Å²) < 4.78 is 0. The normalized spacial score (nSPS) is 13.3. The Morgan fingerprint density at radius 3 is 2.43 bits per heavy atom. The van der Waals surface area contributed by atoms with Gasteiger partial charge in [-0.2, -0.15) is 0 Å². The predicted molar refractivity (Wildman–Crippen MR) is 86.5 cm³/mol. The van der Waals surface area contributed by atoms with Crippen LogP contribution in [0.15, 0.2) is 24.3 Å². The predicted octanol–water partition coefficient (Wildman–Crippen LogP) is 3.10. The summed E-state index contributed by atoms with van der Waals surface area (Å²) >= 11 is 0. The summed E-state index contributed by atoms with van der Waals surface area (Å²) in [7, 11) is 1.60. The van der Waals surface area contributed by atoms with E-state index in [1.54, 1.807) is 7.05 Å². The smallest absolute Gasteiger partial charge is 0.219 e. The van der Waals surface area contributed by atoms with Crippen LogP contribution in [0.3, 0.4) is 0 Å². The second-order valence-electron chi connectivity index (χ2n) is 5.41. The molecule has 2 atom stereocenters. The number of amides is 1. The van der Waals surface area contributed by atoms with Crippen LogP contribution in [0.25, 0.3) is 0 Å². The van der Waals surface area contributed by atoms with E-state index in [-0.39, 0.29) is 11.9 Å². The van der Waals surface area contributed by atoms with Crippen molar-refractivity contribution in [2.75, 3.05) is 12.4 Å². The van der Waals surface area contributed by atoms with Crippen LogP contribution in [-0.4, -0.2) is 25.3 Å². The summed E-state index contributed by atoms with van der Waals surface area (Å²) in [5.41, 5.74) is 2.23. The van der Waals surface area contributed by atoms with Gasteiger partial charge in [-0.05, 0) is 36.5 Å². The van der Waals surface area contributed by atoms with Crippen molar-refractivity contribution >= 4 is 17.9 Å². The first-order chi connectivity index (χ1) is 10.1. The Bertz CT molecular complexity index is 443. The van der Waals surface area contributed by atoms with Gasteiger partial charge in [0, 0.05) is 19.2 Å². The molecule has 1 aromatic carbocycles. The molecule has 1 aromatic rings. The van der Waals surface area contributed by atoms with Crippen LogP contribution in [-0.2, 0) is 9.59 Å². The molecule has 0 aromatic heterocycles. The molecule has 0 spiro atoms. The summed E-state index contributed by atoms with van der Waals surface area (Å²) in [6.07, 6.45) is 4.05. The zero-order valence-electron chi connectivity index (χ0n) is 13.2. The van der Waals surface area contributed by atoms with E-state index in [9.17, 15) is 9.59 Å². The first kappa shape index (κ1) is 17.2. The highest BCUT2D eigenvalue weighted by Crippen LogP contribution is 2.22. The summed E-state index contributed by atoms with van der Waals surface area (Å²) in [5, 5.41) is 5.72. The third kappa shape index (κ3) is 5.98. The Morgan fingerprint density at radius 1 is 1.24 bits per heavy atom. The maximum absolute atomic E-state index is 11.2. The number of carbonyl (C=O) groups is 2. The summed E-state index contributed by atoms with van der Waals surface area (Å²) in [5.74, 6) is 0.506. The van der Waals surface area contributed by atoms with Crippen molar-refractivity contribution in [1.29, 1.82) is 0 Å². The number of benzene rings is 1. The average molecular weight is 290 g/mol. The fourth-order valence-electron chi connectivity index (χ4n) is 2.31. The number of carbonyl (C=O) groups excluding carboxylic acids is 2. The SMILES string of the molecule is CCCC(C)c1ccc(NC(C=O)CCC(=O)NC)cc1. The number of nitrogens with one attached hydrogen (secondary N) is 2. The molecule has 116 valence electrons. The first-order valence-electron chi connectivity index (χ1n) is 7.63. The molecule has 0 aliphatic rings. The maximum atomic E-state index is 11.2. The third-order valence-corrected chi connectivity index (χ3v) is 3.68. The number of aldehydes is 1. The van der Waals surface area contributed by atoms with Crippen LogP contribution in [0.2, 0.25) is 0 Å². The fourth-order valence-corrected chi connectivity index (χ4v) is 2.31. The Labute approximate surface area is 127 Å². The Kier molecular flexibility index (Phi) is 7.51. The van der Waals surface area contributed by atoms with E-state index < -0.39 is 0 Å². The molecule has 0 radical (unpaired) electrons. The highest BCUT2D eigenvalue weighted by molar-refractivity contribution is 5.76. The monoisotopic (exact) mass is 290 g/mol. The number of hydrogen-bond acceptors (Lipinski definition) is 3. The van der Waals surface area contributed by atoms with E-state index in [1.165, 1.54) is 18.4 Å².